The lowest BCUT2D eigenvalue weighted by atomic mass is 9.95. The average Bonchev–Trinajstić information content (AvgIpc) is 2.72. The van der Waals surface area contributed by atoms with Crippen LogP contribution in [0, 0.1) is 0 Å². The fraction of sp³-hybridized carbons (Fsp3) is 0.933. The summed E-state index contributed by atoms with van der Waals surface area (Å²) >= 11 is 0. The Bertz CT molecular complexity index is 587. The highest BCUT2D eigenvalue weighted by Gasteiger charge is 2.53. The highest BCUT2D eigenvalue weighted by molar-refractivity contribution is 7.88. The summed E-state index contributed by atoms with van der Waals surface area (Å²) in [4.78, 5) is 14.0. The zero-order valence-electron chi connectivity index (χ0n) is 13.9. The molecule has 1 saturated carbocycles. The zero-order valence-corrected chi connectivity index (χ0v) is 14.7. The first-order valence-electron chi connectivity index (χ1n) is 8.55. The van der Waals surface area contributed by atoms with Gasteiger partial charge in [0.15, 0.2) is 0 Å². The van der Waals surface area contributed by atoms with E-state index in [1.165, 1.54) is 9.21 Å². The molecule has 0 bridgehead atoms. The van der Waals surface area contributed by atoms with Crippen LogP contribution in [0.2, 0.25) is 0 Å². The normalized spacial score (nSPS) is 30.2. The number of hydrogen-bond acceptors (Lipinski definition) is 4. The van der Waals surface area contributed by atoms with Gasteiger partial charge in [-0.15, -0.1) is 0 Å². The van der Waals surface area contributed by atoms with Gasteiger partial charge >= 0.3 is 0 Å². The summed E-state index contributed by atoms with van der Waals surface area (Å²) in [5, 5.41) is 2.93. The molecule has 2 aliphatic heterocycles. The van der Waals surface area contributed by atoms with Crippen molar-refractivity contribution in [1.82, 2.24) is 14.5 Å². The second-order valence-electron chi connectivity index (χ2n) is 7.33. The van der Waals surface area contributed by atoms with Crippen LogP contribution in [-0.2, 0) is 14.8 Å². The molecule has 0 spiro atoms. The number of rotatable bonds is 4. The van der Waals surface area contributed by atoms with Gasteiger partial charge < -0.3 is 5.32 Å². The van der Waals surface area contributed by atoms with Gasteiger partial charge in [0.1, 0.15) is 0 Å². The molecule has 2 heterocycles. The van der Waals surface area contributed by atoms with E-state index in [0.29, 0.717) is 0 Å². The molecule has 0 aromatic carbocycles. The smallest absolute Gasteiger partial charge is 0.262 e. The number of hydrogen-bond donors (Lipinski definition) is 1. The monoisotopic (exact) mass is 365 g/mol. The van der Waals surface area contributed by atoms with Crippen molar-refractivity contribution in [1.29, 1.82) is 0 Å². The minimum Gasteiger partial charge on any atom is -0.352 e. The molecule has 1 atom stereocenters. The fourth-order valence-corrected chi connectivity index (χ4v) is 4.80. The van der Waals surface area contributed by atoms with Gasteiger partial charge in [0.2, 0.25) is 15.9 Å². The van der Waals surface area contributed by atoms with Crippen molar-refractivity contribution in [3.8, 4) is 0 Å². The van der Waals surface area contributed by atoms with Crippen LogP contribution in [0.3, 0.4) is 0 Å². The van der Waals surface area contributed by atoms with Gasteiger partial charge in [0.05, 0.1) is 18.8 Å². The quantitative estimate of drug-likeness (QED) is 0.800. The maximum absolute atomic E-state index is 13.9. The molecule has 0 radical (unpaired) electrons. The van der Waals surface area contributed by atoms with Crippen LogP contribution in [0.1, 0.15) is 38.5 Å². The summed E-state index contributed by atoms with van der Waals surface area (Å²) in [5.74, 6) is -3.24. The highest BCUT2D eigenvalue weighted by atomic mass is 32.2. The third-order valence-corrected chi connectivity index (χ3v) is 6.56. The fourth-order valence-electron chi connectivity index (χ4n) is 3.91. The van der Waals surface area contributed by atoms with Crippen LogP contribution < -0.4 is 5.32 Å². The molecular weight excluding hydrogens is 340 g/mol. The molecule has 3 fully saturated rings. The topological polar surface area (TPSA) is 69.7 Å². The van der Waals surface area contributed by atoms with E-state index in [1.54, 1.807) is 0 Å². The molecule has 2 saturated heterocycles. The van der Waals surface area contributed by atoms with Crippen molar-refractivity contribution in [3.63, 3.8) is 0 Å². The summed E-state index contributed by atoms with van der Waals surface area (Å²) in [5.41, 5.74) is 0. The molecule has 3 rings (SSSR count). The Morgan fingerprint density at radius 3 is 2.38 bits per heavy atom. The summed E-state index contributed by atoms with van der Waals surface area (Å²) < 4.78 is 51.9. The van der Waals surface area contributed by atoms with Crippen molar-refractivity contribution < 1.29 is 22.0 Å². The van der Waals surface area contributed by atoms with Crippen LogP contribution in [0.15, 0.2) is 0 Å². The Hall–Kier alpha value is -0.800. The van der Waals surface area contributed by atoms with Crippen LogP contribution in [0.4, 0.5) is 8.78 Å². The zero-order chi connectivity index (χ0) is 17.5. The SMILES string of the molecule is CS(=O)(=O)N1CC(N2CC(F)(F)C[C@H]2C(=O)NC2CCCCC2)C1. The number of alkyl halides is 2. The number of nitrogens with one attached hydrogen (secondary N) is 1. The lowest BCUT2D eigenvalue weighted by molar-refractivity contribution is -0.128. The first kappa shape index (κ1) is 18.0. The van der Waals surface area contributed by atoms with Gasteiger partial charge in [-0.3, -0.25) is 9.69 Å². The van der Waals surface area contributed by atoms with E-state index < -0.39 is 35.0 Å². The summed E-state index contributed by atoms with van der Waals surface area (Å²) in [6, 6.07) is -1.10. The van der Waals surface area contributed by atoms with Crippen LogP contribution in [0.5, 0.6) is 0 Å². The Morgan fingerprint density at radius 2 is 1.79 bits per heavy atom. The van der Waals surface area contributed by atoms with Crippen molar-refractivity contribution in [2.75, 3.05) is 25.9 Å². The number of nitrogens with zero attached hydrogens (tertiary/aromatic N) is 2. The van der Waals surface area contributed by atoms with Crippen molar-refractivity contribution in [2.45, 2.75) is 62.6 Å². The second-order valence-corrected chi connectivity index (χ2v) is 9.31. The van der Waals surface area contributed by atoms with E-state index in [1.807, 2.05) is 0 Å². The Balaban J connectivity index is 1.63. The first-order valence-corrected chi connectivity index (χ1v) is 10.4. The minimum absolute atomic E-state index is 0.0798. The third kappa shape index (κ3) is 3.88. The summed E-state index contributed by atoms with van der Waals surface area (Å²) in [7, 11) is -3.30. The highest BCUT2D eigenvalue weighted by Crippen LogP contribution is 2.36. The molecule has 138 valence electrons. The van der Waals surface area contributed by atoms with Gasteiger partial charge in [-0.25, -0.2) is 17.2 Å². The lowest BCUT2D eigenvalue weighted by Crippen LogP contribution is -2.63. The number of amides is 1. The summed E-state index contributed by atoms with van der Waals surface area (Å²) in [6.45, 7) is -0.109. The lowest BCUT2D eigenvalue weighted by Gasteiger charge is -2.44. The minimum atomic E-state index is -3.30. The number of likely N-dealkylation sites (tertiary alicyclic amines) is 1. The first-order chi connectivity index (χ1) is 11.2. The molecule has 0 aromatic heterocycles. The molecule has 1 N–H and O–H groups in total. The molecule has 9 heteroatoms. The molecule has 24 heavy (non-hydrogen) atoms. The number of carbonyl (C=O) groups excluding carboxylic acids is 1. The van der Waals surface area contributed by atoms with Gasteiger partial charge in [0, 0.05) is 31.6 Å². The standard InChI is InChI=1S/C15H25F2N3O3S/c1-24(22,23)19-8-12(9-19)20-10-15(16,17)7-13(20)14(21)18-11-5-3-2-4-6-11/h11-13H,2-10H2,1H3,(H,18,21)/t13-/m0/s1. The van der Waals surface area contributed by atoms with Crippen molar-refractivity contribution in [2.24, 2.45) is 0 Å². The summed E-state index contributed by atoms with van der Waals surface area (Å²) in [6.07, 6.45) is 5.70. The van der Waals surface area contributed by atoms with E-state index in [2.05, 4.69) is 5.32 Å². The van der Waals surface area contributed by atoms with Crippen LogP contribution >= 0.6 is 0 Å². The number of sulfonamides is 1. The molecule has 0 aromatic rings. The number of carbonyl (C=O) groups is 1. The van der Waals surface area contributed by atoms with Crippen molar-refractivity contribution >= 4 is 15.9 Å². The van der Waals surface area contributed by atoms with Crippen molar-refractivity contribution in [3.05, 3.63) is 0 Å². The maximum Gasteiger partial charge on any atom is 0.262 e. The van der Waals surface area contributed by atoms with Gasteiger partial charge in [0.25, 0.3) is 5.92 Å². The van der Waals surface area contributed by atoms with E-state index >= 15 is 0 Å². The molecule has 1 amide bonds. The largest absolute Gasteiger partial charge is 0.352 e. The second kappa shape index (κ2) is 6.49. The van der Waals surface area contributed by atoms with Gasteiger partial charge in [-0.1, -0.05) is 19.3 Å². The van der Waals surface area contributed by atoms with E-state index in [-0.39, 0.29) is 31.1 Å². The predicted molar refractivity (Wildman–Crippen MR) is 85.3 cm³/mol. The molecule has 6 nitrogen and oxygen atoms in total. The number of halogens is 2. The van der Waals surface area contributed by atoms with E-state index in [0.717, 1.165) is 38.4 Å². The molecule has 0 unspecified atom stereocenters. The Morgan fingerprint density at radius 1 is 1.17 bits per heavy atom. The van der Waals surface area contributed by atoms with Crippen LogP contribution in [-0.4, -0.2) is 73.5 Å². The van der Waals surface area contributed by atoms with Gasteiger partial charge in [-0.2, -0.15) is 4.31 Å². The Labute approximate surface area is 141 Å². The van der Waals surface area contributed by atoms with Crippen LogP contribution in [0.25, 0.3) is 0 Å². The maximum atomic E-state index is 13.9. The van der Waals surface area contributed by atoms with Gasteiger partial charge in [-0.05, 0) is 12.8 Å². The average molecular weight is 365 g/mol. The third-order valence-electron chi connectivity index (χ3n) is 5.33. The molecule has 1 aliphatic carbocycles. The molecular formula is C15H25F2N3O3S. The predicted octanol–water partition coefficient (Wildman–Crippen LogP) is 0.789. The molecule has 3 aliphatic rings. The van der Waals surface area contributed by atoms with E-state index in [9.17, 15) is 22.0 Å². The van der Waals surface area contributed by atoms with E-state index in [4.69, 9.17) is 0 Å². The Kier molecular flexibility index (Phi) is 4.87.